The molecule has 3 aromatic rings. The van der Waals surface area contributed by atoms with E-state index in [2.05, 4.69) is 25.3 Å². The first-order chi connectivity index (χ1) is 15.9. The molecular weight excluding hydrogens is 497 g/mol. The van der Waals surface area contributed by atoms with Crippen LogP contribution in [-0.4, -0.2) is 44.9 Å². The van der Waals surface area contributed by atoms with Gasteiger partial charge in [0.05, 0.1) is 24.7 Å². The number of nitrogens with one attached hydrogen (secondary N) is 3. The molecule has 12 heteroatoms. The fourth-order valence-corrected chi connectivity index (χ4v) is 5.47. The molecule has 0 atom stereocenters. The van der Waals surface area contributed by atoms with E-state index in [1.54, 1.807) is 63.6 Å². The highest BCUT2D eigenvalue weighted by Crippen LogP contribution is 2.38. The molecule has 182 valence electrons. The SMILES string of the molecule is COc1cc(P(C)(C)=O)ccc1Nc1ncc(Cl)c(Nc2ccccc2S(=O)(=O)NC(C)C)n1. The molecule has 0 aliphatic carbocycles. The van der Waals surface area contributed by atoms with E-state index in [-0.39, 0.29) is 27.7 Å². The van der Waals surface area contributed by atoms with Crippen LogP contribution in [0.4, 0.5) is 23.1 Å². The number of para-hydroxylation sites is 1. The maximum absolute atomic E-state index is 12.8. The van der Waals surface area contributed by atoms with Gasteiger partial charge in [0.2, 0.25) is 16.0 Å². The van der Waals surface area contributed by atoms with Gasteiger partial charge in [0, 0.05) is 11.3 Å². The average Bonchev–Trinajstić information content (AvgIpc) is 2.75. The minimum absolute atomic E-state index is 0.0636. The summed E-state index contributed by atoms with van der Waals surface area (Å²) in [5, 5.41) is 6.94. The largest absolute Gasteiger partial charge is 0.495 e. The lowest BCUT2D eigenvalue weighted by Gasteiger charge is -2.16. The molecule has 1 aromatic heterocycles. The van der Waals surface area contributed by atoms with E-state index in [4.69, 9.17) is 16.3 Å². The van der Waals surface area contributed by atoms with Crippen LogP contribution in [0.1, 0.15) is 13.8 Å². The first kappa shape index (κ1) is 26.0. The average molecular weight is 524 g/mol. The van der Waals surface area contributed by atoms with Crippen LogP contribution in [0.5, 0.6) is 5.75 Å². The summed E-state index contributed by atoms with van der Waals surface area (Å²) in [7, 11) is -4.71. The fourth-order valence-electron chi connectivity index (χ4n) is 3.06. The lowest BCUT2D eigenvalue weighted by atomic mass is 10.3. The highest BCUT2D eigenvalue weighted by atomic mass is 35.5. The van der Waals surface area contributed by atoms with E-state index < -0.39 is 17.2 Å². The number of sulfonamides is 1. The molecule has 0 bridgehead atoms. The highest BCUT2D eigenvalue weighted by Gasteiger charge is 2.20. The number of ether oxygens (including phenoxy) is 1. The first-order valence-electron chi connectivity index (χ1n) is 10.3. The second-order valence-electron chi connectivity index (χ2n) is 8.15. The Kier molecular flexibility index (Phi) is 7.88. The van der Waals surface area contributed by atoms with E-state index in [9.17, 15) is 13.0 Å². The van der Waals surface area contributed by atoms with Crippen molar-refractivity contribution in [3.63, 3.8) is 0 Å². The fraction of sp³-hybridized carbons (Fsp3) is 0.273. The normalized spacial score (nSPS) is 12.0. The van der Waals surface area contributed by atoms with Crippen molar-refractivity contribution >= 4 is 57.2 Å². The van der Waals surface area contributed by atoms with Crippen LogP contribution < -0.4 is 25.4 Å². The Hall–Kier alpha value is -2.65. The summed E-state index contributed by atoms with van der Waals surface area (Å²) >= 11 is 6.29. The van der Waals surface area contributed by atoms with Crippen LogP contribution in [0.25, 0.3) is 0 Å². The van der Waals surface area contributed by atoms with Crippen LogP contribution >= 0.6 is 18.7 Å². The zero-order chi connectivity index (χ0) is 25.1. The van der Waals surface area contributed by atoms with Gasteiger partial charge in [-0.1, -0.05) is 23.7 Å². The van der Waals surface area contributed by atoms with Crippen molar-refractivity contribution in [3.05, 3.63) is 53.7 Å². The molecule has 0 fully saturated rings. The molecule has 9 nitrogen and oxygen atoms in total. The van der Waals surface area contributed by atoms with Crippen molar-refractivity contribution in [1.29, 1.82) is 0 Å². The van der Waals surface area contributed by atoms with E-state index in [1.165, 1.54) is 19.4 Å². The predicted octanol–water partition coefficient (Wildman–Crippen LogP) is 4.56. The van der Waals surface area contributed by atoms with E-state index in [0.29, 0.717) is 22.4 Å². The maximum atomic E-state index is 12.8. The standard InChI is InChI=1S/C22H27ClN5O4PS/c1-14(2)28-34(30,31)20-9-7-6-8-18(20)25-21-16(23)13-24-22(27-21)26-17-11-10-15(33(4,5)29)12-19(17)32-3/h6-14,28H,1-5H3,(H2,24,25,26,27). The molecule has 0 saturated heterocycles. The Morgan fingerprint density at radius 2 is 1.76 bits per heavy atom. The summed E-state index contributed by atoms with van der Waals surface area (Å²) in [6, 6.07) is 11.4. The molecule has 0 amide bonds. The Bertz CT molecular complexity index is 1340. The molecule has 0 saturated carbocycles. The van der Waals surface area contributed by atoms with Crippen molar-refractivity contribution in [1.82, 2.24) is 14.7 Å². The van der Waals surface area contributed by atoms with Crippen LogP contribution in [0.2, 0.25) is 5.02 Å². The topological polar surface area (TPSA) is 122 Å². The summed E-state index contributed by atoms with van der Waals surface area (Å²) < 4.78 is 45.9. The third-order valence-corrected chi connectivity index (χ3v) is 8.13. The van der Waals surface area contributed by atoms with Gasteiger partial charge in [-0.15, -0.1) is 0 Å². The number of benzene rings is 2. The lowest BCUT2D eigenvalue weighted by molar-refractivity contribution is 0.417. The van der Waals surface area contributed by atoms with Gasteiger partial charge >= 0.3 is 0 Å². The molecule has 0 unspecified atom stereocenters. The lowest BCUT2D eigenvalue weighted by Crippen LogP contribution is -2.30. The number of anilines is 4. The molecule has 0 aliphatic rings. The Morgan fingerprint density at radius 3 is 2.41 bits per heavy atom. The van der Waals surface area contributed by atoms with Gasteiger partial charge in [-0.05, 0) is 57.5 Å². The van der Waals surface area contributed by atoms with Gasteiger partial charge in [-0.3, -0.25) is 0 Å². The van der Waals surface area contributed by atoms with Crippen LogP contribution in [-0.2, 0) is 14.6 Å². The van der Waals surface area contributed by atoms with Gasteiger partial charge in [-0.2, -0.15) is 4.98 Å². The Morgan fingerprint density at radius 1 is 1.06 bits per heavy atom. The second kappa shape index (κ2) is 10.3. The van der Waals surface area contributed by atoms with E-state index >= 15 is 0 Å². The van der Waals surface area contributed by atoms with Gasteiger partial charge in [-0.25, -0.2) is 18.1 Å². The molecule has 0 spiro atoms. The summed E-state index contributed by atoms with van der Waals surface area (Å²) in [6.45, 7) is 6.86. The summed E-state index contributed by atoms with van der Waals surface area (Å²) in [6.07, 6.45) is 1.40. The van der Waals surface area contributed by atoms with Gasteiger partial charge in [0.1, 0.15) is 22.8 Å². The number of rotatable bonds is 9. The summed E-state index contributed by atoms with van der Waals surface area (Å²) in [4.78, 5) is 8.66. The first-order valence-corrected chi connectivity index (χ1v) is 14.8. The molecule has 0 radical (unpaired) electrons. The van der Waals surface area contributed by atoms with Crippen molar-refractivity contribution in [2.45, 2.75) is 24.8 Å². The predicted molar refractivity (Wildman–Crippen MR) is 138 cm³/mol. The maximum Gasteiger partial charge on any atom is 0.242 e. The molecule has 3 N–H and O–H groups in total. The van der Waals surface area contributed by atoms with E-state index in [1.807, 2.05) is 0 Å². The minimum atomic E-state index is -3.76. The second-order valence-corrected chi connectivity index (χ2v) is 13.5. The quantitative estimate of drug-likeness (QED) is 0.349. The molecule has 34 heavy (non-hydrogen) atoms. The number of hydrogen-bond acceptors (Lipinski definition) is 8. The zero-order valence-corrected chi connectivity index (χ0v) is 21.9. The highest BCUT2D eigenvalue weighted by molar-refractivity contribution is 7.89. The zero-order valence-electron chi connectivity index (χ0n) is 19.5. The van der Waals surface area contributed by atoms with Crippen molar-refractivity contribution in [3.8, 4) is 5.75 Å². The van der Waals surface area contributed by atoms with Crippen molar-refractivity contribution in [2.75, 3.05) is 31.1 Å². The number of halogens is 1. The molecule has 2 aromatic carbocycles. The molecule has 1 heterocycles. The summed E-state index contributed by atoms with van der Waals surface area (Å²) in [5.74, 6) is 0.897. The van der Waals surface area contributed by atoms with Gasteiger partial charge in [0.25, 0.3) is 0 Å². The Labute approximate surface area is 204 Å². The number of nitrogens with zero attached hydrogens (tertiary/aromatic N) is 2. The third kappa shape index (κ3) is 6.27. The van der Waals surface area contributed by atoms with Crippen LogP contribution in [0.3, 0.4) is 0 Å². The number of hydrogen-bond donors (Lipinski definition) is 3. The van der Waals surface area contributed by atoms with Gasteiger partial charge in [0.15, 0.2) is 5.82 Å². The molecular formula is C22H27ClN5O4PS. The van der Waals surface area contributed by atoms with E-state index in [0.717, 1.165) is 0 Å². The smallest absolute Gasteiger partial charge is 0.242 e. The molecule has 3 rings (SSSR count). The monoisotopic (exact) mass is 523 g/mol. The van der Waals surface area contributed by atoms with Crippen LogP contribution in [0, 0.1) is 0 Å². The number of methoxy groups -OCH3 is 1. The summed E-state index contributed by atoms with van der Waals surface area (Å²) in [5.41, 5.74) is 0.878. The Balaban J connectivity index is 1.93. The minimum Gasteiger partial charge on any atom is -0.495 e. The van der Waals surface area contributed by atoms with Crippen molar-refractivity contribution in [2.24, 2.45) is 0 Å². The molecule has 0 aliphatic heterocycles. The number of aromatic nitrogens is 2. The van der Waals surface area contributed by atoms with Crippen LogP contribution in [0.15, 0.2) is 53.6 Å². The van der Waals surface area contributed by atoms with Crippen molar-refractivity contribution < 1.29 is 17.7 Å². The van der Waals surface area contributed by atoms with Gasteiger partial charge < -0.3 is 19.9 Å². The third-order valence-electron chi connectivity index (χ3n) is 4.62.